The number of primary amides is 1. The second kappa shape index (κ2) is 8.35. The van der Waals surface area contributed by atoms with E-state index in [2.05, 4.69) is 4.90 Å². The molecule has 30 heavy (non-hydrogen) atoms. The first-order valence-electron chi connectivity index (χ1n) is 10.8. The second-order valence-electron chi connectivity index (χ2n) is 8.47. The van der Waals surface area contributed by atoms with Crippen LogP contribution >= 0.6 is 0 Å². The summed E-state index contributed by atoms with van der Waals surface area (Å²) in [5, 5.41) is 0. The van der Waals surface area contributed by atoms with Crippen LogP contribution in [0.1, 0.15) is 38.5 Å². The minimum atomic E-state index is -0.630. The van der Waals surface area contributed by atoms with E-state index in [1.54, 1.807) is 31.4 Å². The van der Waals surface area contributed by atoms with E-state index in [4.69, 9.17) is 10.5 Å². The van der Waals surface area contributed by atoms with Gasteiger partial charge in [0.05, 0.1) is 25.3 Å². The summed E-state index contributed by atoms with van der Waals surface area (Å²) in [5.74, 6) is -0.0861. The van der Waals surface area contributed by atoms with Crippen LogP contribution in [-0.4, -0.2) is 72.4 Å². The van der Waals surface area contributed by atoms with E-state index >= 15 is 0 Å². The second-order valence-corrected chi connectivity index (χ2v) is 8.47. The van der Waals surface area contributed by atoms with Gasteiger partial charge in [0.25, 0.3) is 5.91 Å². The van der Waals surface area contributed by atoms with Crippen LogP contribution in [0.15, 0.2) is 24.3 Å². The first-order valence-corrected chi connectivity index (χ1v) is 10.8. The Bertz CT molecular complexity index is 828. The van der Waals surface area contributed by atoms with Crippen molar-refractivity contribution >= 4 is 23.4 Å². The van der Waals surface area contributed by atoms with Crippen LogP contribution in [0.2, 0.25) is 0 Å². The summed E-state index contributed by atoms with van der Waals surface area (Å²) < 4.78 is 5.22. The number of amides is 3. The van der Waals surface area contributed by atoms with Crippen molar-refractivity contribution in [2.45, 2.75) is 50.1 Å². The molecule has 0 bridgehead atoms. The molecular formula is C22H30N4O4. The number of hydrogen-bond donors (Lipinski definition) is 1. The topological polar surface area (TPSA) is 96.2 Å². The number of carbonyl (C=O) groups excluding carboxylic acids is 3. The van der Waals surface area contributed by atoms with Gasteiger partial charge in [-0.15, -0.1) is 0 Å². The predicted octanol–water partition coefficient (Wildman–Crippen LogP) is 1.13. The zero-order valence-corrected chi connectivity index (χ0v) is 17.5. The Morgan fingerprint density at radius 1 is 1.10 bits per heavy atom. The van der Waals surface area contributed by atoms with Crippen LogP contribution in [0.25, 0.3) is 0 Å². The van der Waals surface area contributed by atoms with Gasteiger partial charge in [-0.05, 0) is 50.9 Å². The lowest BCUT2D eigenvalue weighted by Crippen LogP contribution is -2.64. The molecule has 8 nitrogen and oxygen atoms in total. The van der Waals surface area contributed by atoms with E-state index in [1.165, 1.54) is 11.3 Å². The minimum absolute atomic E-state index is 0.156. The van der Waals surface area contributed by atoms with E-state index in [1.807, 2.05) is 4.90 Å². The zero-order chi connectivity index (χ0) is 21.3. The maximum absolute atomic E-state index is 13.1. The molecule has 3 aliphatic rings. The molecule has 8 heteroatoms. The molecule has 0 aromatic heterocycles. The van der Waals surface area contributed by atoms with Crippen molar-refractivity contribution in [3.8, 4) is 5.75 Å². The first kappa shape index (κ1) is 20.8. The number of benzene rings is 1. The number of nitrogens with zero attached hydrogens (tertiary/aromatic N) is 3. The number of rotatable bonds is 5. The highest BCUT2D eigenvalue weighted by Gasteiger charge is 2.49. The Hall–Kier alpha value is -2.45. The van der Waals surface area contributed by atoms with Crippen molar-refractivity contribution in [3.05, 3.63) is 24.3 Å². The van der Waals surface area contributed by atoms with Crippen LogP contribution < -0.4 is 15.4 Å². The van der Waals surface area contributed by atoms with Crippen molar-refractivity contribution in [1.29, 1.82) is 0 Å². The van der Waals surface area contributed by atoms with E-state index in [9.17, 15) is 14.4 Å². The van der Waals surface area contributed by atoms with E-state index in [0.29, 0.717) is 37.4 Å². The summed E-state index contributed by atoms with van der Waals surface area (Å²) in [4.78, 5) is 43.8. The number of likely N-dealkylation sites (tertiary alicyclic amines) is 2. The Morgan fingerprint density at radius 2 is 1.80 bits per heavy atom. The Balaban J connectivity index is 1.47. The number of hydrogen-bond acceptors (Lipinski definition) is 6. The number of methoxy groups -OCH3 is 1. The molecule has 3 aliphatic heterocycles. The number of nitrogens with two attached hydrogens (primary N) is 1. The van der Waals surface area contributed by atoms with Gasteiger partial charge in [0.15, 0.2) is 0 Å². The summed E-state index contributed by atoms with van der Waals surface area (Å²) in [6, 6.07) is 6.49. The molecule has 2 N–H and O–H groups in total. The van der Waals surface area contributed by atoms with E-state index in [0.717, 1.165) is 25.9 Å². The number of piperidine rings is 2. The van der Waals surface area contributed by atoms with Crippen molar-refractivity contribution in [2.75, 3.05) is 38.2 Å². The summed E-state index contributed by atoms with van der Waals surface area (Å²) >= 11 is 0. The summed E-state index contributed by atoms with van der Waals surface area (Å²) in [6.07, 6.45) is 4.71. The summed E-state index contributed by atoms with van der Waals surface area (Å²) in [5.41, 5.74) is 5.77. The molecule has 0 saturated carbocycles. The third-order valence-electron chi connectivity index (χ3n) is 6.92. The normalized spacial score (nSPS) is 25.5. The number of anilines is 1. The molecule has 1 aromatic rings. The van der Waals surface area contributed by atoms with Crippen molar-refractivity contribution in [2.24, 2.45) is 5.73 Å². The molecule has 0 aliphatic carbocycles. The molecule has 162 valence electrons. The smallest absolute Gasteiger partial charge is 0.251 e. The molecule has 0 unspecified atom stereocenters. The fourth-order valence-electron chi connectivity index (χ4n) is 5.17. The average molecular weight is 415 g/mol. The Morgan fingerprint density at radius 3 is 2.43 bits per heavy atom. The lowest BCUT2D eigenvalue weighted by Gasteiger charge is -2.48. The van der Waals surface area contributed by atoms with Gasteiger partial charge in [-0.3, -0.25) is 24.2 Å². The molecule has 1 atom stereocenters. The molecule has 0 radical (unpaired) electrons. The Kier molecular flexibility index (Phi) is 5.79. The highest BCUT2D eigenvalue weighted by molar-refractivity contribution is 6.22. The maximum Gasteiger partial charge on any atom is 0.251 e. The lowest BCUT2D eigenvalue weighted by atomic mass is 9.83. The number of imide groups is 1. The van der Waals surface area contributed by atoms with Crippen molar-refractivity contribution in [3.63, 3.8) is 0 Å². The maximum atomic E-state index is 13.1. The van der Waals surface area contributed by atoms with Crippen LogP contribution in [0.4, 0.5) is 5.69 Å². The van der Waals surface area contributed by atoms with Crippen LogP contribution in [0.3, 0.4) is 0 Å². The molecule has 0 spiro atoms. The van der Waals surface area contributed by atoms with Gasteiger partial charge >= 0.3 is 0 Å². The van der Waals surface area contributed by atoms with Gasteiger partial charge in [-0.25, -0.2) is 4.90 Å². The van der Waals surface area contributed by atoms with Crippen LogP contribution in [0.5, 0.6) is 5.75 Å². The van der Waals surface area contributed by atoms with Crippen LogP contribution in [-0.2, 0) is 14.4 Å². The zero-order valence-electron chi connectivity index (χ0n) is 17.5. The van der Waals surface area contributed by atoms with Gasteiger partial charge < -0.3 is 10.5 Å². The van der Waals surface area contributed by atoms with Gasteiger partial charge in [-0.1, -0.05) is 12.5 Å². The van der Waals surface area contributed by atoms with E-state index in [-0.39, 0.29) is 24.1 Å². The largest absolute Gasteiger partial charge is 0.497 e. The summed E-state index contributed by atoms with van der Waals surface area (Å²) in [7, 11) is 1.55. The molecule has 3 fully saturated rings. The SMILES string of the molecule is COc1cccc(N2C(=O)C[C@H](N3CCC(C(N)=O)(N4CCCCC4)CC3)C2=O)c1. The molecule has 3 saturated heterocycles. The molecular weight excluding hydrogens is 384 g/mol. The quantitative estimate of drug-likeness (QED) is 0.726. The van der Waals surface area contributed by atoms with Crippen LogP contribution in [0, 0.1) is 0 Å². The average Bonchev–Trinajstić information content (AvgIpc) is 3.08. The highest BCUT2D eigenvalue weighted by Crippen LogP contribution is 2.35. The Labute approximate surface area is 176 Å². The molecule has 3 amide bonds. The van der Waals surface area contributed by atoms with Gasteiger partial charge in [0, 0.05) is 19.2 Å². The predicted molar refractivity (Wildman–Crippen MR) is 112 cm³/mol. The van der Waals surface area contributed by atoms with Gasteiger partial charge in [0.1, 0.15) is 11.3 Å². The third-order valence-corrected chi connectivity index (χ3v) is 6.92. The van der Waals surface area contributed by atoms with Crippen molar-refractivity contribution in [1.82, 2.24) is 9.80 Å². The van der Waals surface area contributed by atoms with Gasteiger partial charge in [-0.2, -0.15) is 0 Å². The standard InChI is InChI=1S/C22H30N4O4/c1-30-17-7-5-6-16(14-17)26-19(27)15-18(20(26)28)24-12-8-22(9-13-24,21(23)29)25-10-3-2-4-11-25/h5-7,14,18H,2-4,8-13,15H2,1H3,(H2,23,29)/t18-/m0/s1. The highest BCUT2D eigenvalue weighted by atomic mass is 16.5. The minimum Gasteiger partial charge on any atom is -0.497 e. The number of carbonyl (C=O) groups is 3. The third kappa shape index (κ3) is 3.58. The fourth-order valence-corrected chi connectivity index (χ4v) is 5.17. The molecule has 4 rings (SSSR count). The summed E-state index contributed by atoms with van der Waals surface area (Å²) in [6.45, 7) is 2.95. The lowest BCUT2D eigenvalue weighted by molar-refractivity contribution is -0.136. The molecule has 3 heterocycles. The monoisotopic (exact) mass is 414 g/mol. The fraction of sp³-hybridized carbons (Fsp3) is 0.591. The molecule has 1 aromatic carbocycles. The van der Waals surface area contributed by atoms with Crippen molar-refractivity contribution < 1.29 is 19.1 Å². The first-order chi connectivity index (χ1) is 14.5. The van der Waals surface area contributed by atoms with E-state index < -0.39 is 11.6 Å². The van der Waals surface area contributed by atoms with Gasteiger partial charge in [0.2, 0.25) is 11.8 Å². The number of ether oxygens (including phenoxy) is 1.